The third kappa shape index (κ3) is 4.05. The largest absolute Gasteiger partial charge is 0.322 e. The average molecular weight is 384 g/mol. The summed E-state index contributed by atoms with van der Waals surface area (Å²) in [7, 11) is 0. The summed E-state index contributed by atoms with van der Waals surface area (Å²) in [6.07, 6.45) is 7.29. The molecule has 29 heavy (non-hydrogen) atoms. The van der Waals surface area contributed by atoms with Gasteiger partial charge in [0.05, 0.1) is 0 Å². The van der Waals surface area contributed by atoms with Crippen LogP contribution in [-0.2, 0) is 0 Å². The first-order chi connectivity index (χ1) is 14.3. The fraction of sp³-hybridized carbons (Fsp3) is 0.292. The SMILES string of the molecule is O=C(Nc1cccc(-c2ncccn2)c1C1CC1NCC1CC1)c1ccccc1. The van der Waals surface area contributed by atoms with Crippen LogP contribution in [-0.4, -0.2) is 28.5 Å². The van der Waals surface area contributed by atoms with Crippen LogP contribution in [0.15, 0.2) is 67.0 Å². The van der Waals surface area contributed by atoms with Gasteiger partial charge in [-0.15, -0.1) is 0 Å². The van der Waals surface area contributed by atoms with Crippen molar-refractivity contribution in [2.45, 2.75) is 31.2 Å². The van der Waals surface area contributed by atoms with E-state index >= 15 is 0 Å². The highest BCUT2D eigenvalue weighted by molar-refractivity contribution is 6.05. The fourth-order valence-corrected chi connectivity index (χ4v) is 3.87. The molecular weight excluding hydrogens is 360 g/mol. The molecule has 2 aliphatic rings. The monoisotopic (exact) mass is 384 g/mol. The fourth-order valence-electron chi connectivity index (χ4n) is 3.87. The average Bonchev–Trinajstić information content (AvgIpc) is 3.69. The summed E-state index contributed by atoms with van der Waals surface area (Å²) in [5.41, 5.74) is 3.64. The van der Waals surface area contributed by atoms with Crippen molar-refractivity contribution >= 4 is 11.6 Å². The van der Waals surface area contributed by atoms with Gasteiger partial charge in [-0.05, 0) is 61.6 Å². The van der Waals surface area contributed by atoms with Crippen molar-refractivity contribution in [1.29, 1.82) is 0 Å². The van der Waals surface area contributed by atoms with Gasteiger partial charge in [-0.1, -0.05) is 30.3 Å². The number of benzene rings is 2. The molecule has 1 heterocycles. The number of rotatable bonds is 7. The van der Waals surface area contributed by atoms with Crippen molar-refractivity contribution in [3.05, 3.63) is 78.1 Å². The summed E-state index contributed by atoms with van der Waals surface area (Å²) in [4.78, 5) is 21.7. The second kappa shape index (κ2) is 7.76. The number of aromatic nitrogens is 2. The molecule has 1 aromatic heterocycles. The Morgan fingerprint density at radius 3 is 2.52 bits per heavy atom. The van der Waals surface area contributed by atoms with Crippen LogP contribution >= 0.6 is 0 Å². The van der Waals surface area contributed by atoms with Gasteiger partial charge >= 0.3 is 0 Å². The predicted octanol–water partition coefficient (Wildman–Crippen LogP) is 4.25. The van der Waals surface area contributed by atoms with Crippen molar-refractivity contribution < 1.29 is 4.79 Å². The molecule has 0 aliphatic heterocycles. The van der Waals surface area contributed by atoms with Gasteiger partial charge in [0.1, 0.15) is 0 Å². The molecule has 2 unspecified atom stereocenters. The van der Waals surface area contributed by atoms with Crippen molar-refractivity contribution in [2.24, 2.45) is 5.92 Å². The molecule has 0 saturated heterocycles. The summed E-state index contributed by atoms with van der Waals surface area (Å²) in [6.45, 7) is 1.09. The van der Waals surface area contributed by atoms with Gasteiger partial charge in [0, 0.05) is 41.2 Å². The maximum Gasteiger partial charge on any atom is 0.255 e. The van der Waals surface area contributed by atoms with Crippen molar-refractivity contribution in [3.63, 3.8) is 0 Å². The highest BCUT2D eigenvalue weighted by atomic mass is 16.1. The molecule has 2 N–H and O–H groups in total. The van der Waals surface area contributed by atoms with E-state index in [4.69, 9.17) is 0 Å². The quantitative estimate of drug-likeness (QED) is 0.639. The van der Waals surface area contributed by atoms with Crippen LogP contribution in [0.5, 0.6) is 0 Å². The number of nitrogens with zero attached hydrogens (tertiary/aromatic N) is 2. The Balaban J connectivity index is 1.46. The van der Waals surface area contributed by atoms with Crippen LogP contribution in [0.4, 0.5) is 5.69 Å². The topological polar surface area (TPSA) is 66.9 Å². The maximum absolute atomic E-state index is 12.8. The molecule has 2 saturated carbocycles. The normalized spacial score (nSPS) is 20.3. The van der Waals surface area contributed by atoms with Crippen LogP contribution in [0.25, 0.3) is 11.4 Å². The molecule has 0 radical (unpaired) electrons. The number of hydrogen-bond acceptors (Lipinski definition) is 4. The van der Waals surface area contributed by atoms with Crippen LogP contribution in [0.1, 0.15) is 41.1 Å². The van der Waals surface area contributed by atoms with E-state index in [1.165, 1.54) is 12.8 Å². The van der Waals surface area contributed by atoms with E-state index < -0.39 is 0 Å². The molecular formula is C24H24N4O. The van der Waals surface area contributed by atoms with Crippen LogP contribution in [0.2, 0.25) is 0 Å². The van der Waals surface area contributed by atoms with Crippen LogP contribution < -0.4 is 10.6 Å². The molecule has 2 aliphatic carbocycles. The Labute approximate surface area is 170 Å². The molecule has 5 nitrogen and oxygen atoms in total. The Bertz CT molecular complexity index is 1000. The van der Waals surface area contributed by atoms with E-state index in [-0.39, 0.29) is 5.91 Å². The minimum absolute atomic E-state index is 0.0962. The maximum atomic E-state index is 12.8. The standard InChI is InChI=1S/C24H24N4O/c29-24(17-6-2-1-3-7-17)28-20-9-4-8-18(23-25-12-5-13-26-23)22(20)19-14-21(19)27-15-16-10-11-16/h1-9,12-13,16,19,21,27H,10-11,14-15H2,(H,28,29). The van der Waals surface area contributed by atoms with Gasteiger partial charge < -0.3 is 10.6 Å². The Kier molecular flexibility index (Phi) is 4.82. The van der Waals surface area contributed by atoms with E-state index in [1.807, 2.05) is 48.5 Å². The molecule has 146 valence electrons. The summed E-state index contributed by atoms with van der Waals surface area (Å²) in [5.74, 6) is 1.81. The second-order valence-corrected chi connectivity index (χ2v) is 7.96. The second-order valence-electron chi connectivity index (χ2n) is 7.96. The first kappa shape index (κ1) is 18.0. The van der Waals surface area contributed by atoms with E-state index in [1.54, 1.807) is 12.4 Å². The van der Waals surface area contributed by atoms with Gasteiger partial charge in [-0.3, -0.25) is 4.79 Å². The summed E-state index contributed by atoms with van der Waals surface area (Å²) in [6, 6.07) is 17.6. The first-order valence-corrected chi connectivity index (χ1v) is 10.3. The van der Waals surface area contributed by atoms with E-state index in [0.29, 0.717) is 23.3 Å². The zero-order valence-electron chi connectivity index (χ0n) is 16.2. The lowest BCUT2D eigenvalue weighted by molar-refractivity contribution is 0.102. The van der Waals surface area contributed by atoms with E-state index in [9.17, 15) is 4.79 Å². The Morgan fingerprint density at radius 2 is 1.76 bits per heavy atom. The third-order valence-corrected chi connectivity index (χ3v) is 5.72. The minimum Gasteiger partial charge on any atom is -0.322 e. The molecule has 5 rings (SSSR count). The first-order valence-electron chi connectivity index (χ1n) is 10.3. The van der Waals surface area contributed by atoms with Crippen LogP contribution in [0, 0.1) is 5.92 Å². The molecule has 2 atom stereocenters. The van der Waals surface area contributed by atoms with Gasteiger partial charge in [0.15, 0.2) is 5.82 Å². The van der Waals surface area contributed by atoms with E-state index in [2.05, 4.69) is 26.7 Å². The third-order valence-electron chi connectivity index (χ3n) is 5.72. The highest BCUT2D eigenvalue weighted by Crippen LogP contribution is 2.48. The number of anilines is 1. The number of carbonyl (C=O) groups excluding carboxylic acids is 1. The Hall–Kier alpha value is -3.05. The molecule has 2 aromatic carbocycles. The molecule has 1 amide bonds. The molecule has 0 bridgehead atoms. The molecule has 5 heteroatoms. The molecule has 2 fully saturated rings. The van der Waals surface area contributed by atoms with E-state index in [0.717, 1.165) is 35.7 Å². The predicted molar refractivity (Wildman–Crippen MR) is 114 cm³/mol. The summed E-state index contributed by atoms with van der Waals surface area (Å²) in [5, 5.41) is 6.84. The highest BCUT2D eigenvalue weighted by Gasteiger charge is 2.42. The molecule has 0 spiro atoms. The van der Waals surface area contributed by atoms with Gasteiger partial charge in [0.2, 0.25) is 0 Å². The number of amides is 1. The number of nitrogens with one attached hydrogen (secondary N) is 2. The van der Waals surface area contributed by atoms with Crippen molar-refractivity contribution in [2.75, 3.05) is 11.9 Å². The lowest BCUT2D eigenvalue weighted by atomic mass is 9.99. The lowest BCUT2D eigenvalue weighted by Crippen LogP contribution is -2.21. The lowest BCUT2D eigenvalue weighted by Gasteiger charge is -2.16. The van der Waals surface area contributed by atoms with Crippen molar-refractivity contribution in [3.8, 4) is 11.4 Å². The summed E-state index contributed by atoms with van der Waals surface area (Å²) >= 11 is 0. The zero-order chi connectivity index (χ0) is 19.6. The minimum atomic E-state index is -0.0962. The van der Waals surface area contributed by atoms with Gasteiger partial charge in [-0.2, -0.15) is 0 Å². The van der Waals surface area contributed by atoms with Gasteiger partial charge in [0.25, 0.3) is 5.91 Å². The number of hydrogen-bond donors (Lipinski definition) is 2. The van der Waals surface area contributed by atoms with Crippen molar-refractivity contribution in [1.82, 2.24) is 15.3 Å². The van der Waals surface area contributed by atoms with Crippen LogP contribution in [0.3, 0.4) is 0 Å². The molecule has 3 aromatic rings. The Morgan fingerprint density at radius 1 is 0.966 bits per heavy atom. The number of carbonyl (C=O) groups is 1. The zero-order valence-corrected chi connectivity index (χ0v) is 16.2. The smallest absolute Gasteiger partial charge is 0.255 e. The summed E-state index contributed by atoms with van der Waals surface area (Å²) < 4.78 is 0. The van der Waals surface area contributed by atoms with Gasteiger partial charge in [-0.25, -0.2) is 9.97 Å².